The molecular weight excluding hydrogens is 234 g/mol. The van der Waals surface area contributed by atoms with Crippen molar-refractivity contribution < 1.29 is 4.79 Å². The summed E-state index contributed by atoms with van der Waals surface area (Å²) >= 11 is 1.38. The van der Waals surface area contributed by atoms with Crippen LogP contribution in [0.5, 0.6) is 0 Å². The normalized spacial score (nSPS) is 10.6. The Hall–Kier alpha value is -2.14. The molecule has 0 saturated heterocycles. The molecule has 1 amide bonds. The van der Waals surface area contributed by atoms with E-state index in [1.807, 2.05) is 23.6 Å². The van der Waals surface area contributed by atoms with Gasteiger partial charge < -0.3 is 5.73 Å². The van der Waals surface area contributed by atoms with Gasteiger partial charge >= 0.3 is 0 Å². The minimum absolute atomic E-state index is 0.202. The van der Waals surface area contributed by atoms with Gasteiger partial charge in [0.1, 0.15) is 0 Å². The molecule has 0 atom stereocenters. The molecule has 0 bridgehead atoms. The second-order valence-corrected chi connectivity index (χ2v) is 4.29. The van der Waals surface area contributed by atoms with Crippen LogP contribution in [0, 0.1) is 0 Å². The number of amides is 1. The molecule has 86 valence electrons. The quantitative estimate of drug-likeness (QED) is 0.494. The lowest BCUT2D eigenvalue weighted by Crippen LogP contribution is -2.16. The number of carbonyl (C=O) groups is 1. The van der Waals surface area contributed by atoms with Crippen LogP contribution < -0.4 is 11.2 Å². The van der Waals surface area contributed by atoms with Gasteiger partial charge in [-0.3, -0.25) is 4.79 Å². The molecule has 3 N–H and O–H groups in total. The standard InChI is InChI=1S/C12H11N3OS/c13-10-5-3-9(4-6-10)8-14-15-12(16)11-2-1-7-17-11/h1-8H,13H2,(H,15,16). The first-order valence-electron chi connectivity index (χ1n) is 4.98. The van der Waals surface area contributed by atoms with E-state index in [-0.39, 0.29) is 5.91 Å². The number of nitrogens with one attached hydrogen (secondary N) is 1. The minimum Gasteiger partial charge on any atom is -0.399 e. The van der Waals surface area contributed by atoms with E-state index in [0.717, 1.165) is 5.56 Å². The Morgan fingerprint density at radius 2 is 2.06 bits per heavy atom. The molecule has 17 heavy (non-hydrogen) atoms. The number of thiophene rings is 1. The van der Waals surface area contributed by atoms with E-state index < -0.39 is 0 Å². The Bertz CT molecular complexity index is 517. The molecule has 0 saturated carbocycles. The Balaban J connectivity index is 1.94. The van der Waals surface area contributed by atoms with Gasteiger partial charge in [0.15, 0.2) is 0 Å². The molecule has 0 radical (unpaired) electrons. The monoisotopic (exact) mass is 245 g/mol. The van der Waals surface area contributed by atoms with Crippen molar-refractivity contribution in [2.75, 3.05) is 5.73 Å². The van der Waals surface area contributed by atoms with Crippen LogP contribution in [0.2, 0.25) is 0 Å². The fourth-order valence-electron chi connectivity index (χ4n) is 1.21. The molecule has 2 rings (SSSR count). The van der Waals surface area contributed by atoms with Gasteiger partial charge in [0.2, 0.25) is 0 Å². The van der Waals surface area contributed by atoms with Crippen LogP contribution in [0.3, 0.4) is 0 Å². The molecule has 4 nitrogen and oxygen atoms in total. The van der Waals surface area contributed by atoms with Gasteiger partial charge in [-0.15, -0.1) is 11.3 Å². The first-order valence-corrected chi connectivity index (χ1v) is 5.86. The molecule has 5 heteroatoms. The van der Waals surface area contributed by atoms with Gasteiger partial charge in [0.05, 0.1) is 11.1 Å². The summed E-state index contributed by atoms with van der Waals surface area (Å²) < 4.78 is 0. The fraction of sp³-hybridized carbons (Fsp3) is 0. The van der Waals surface area contributed by atoms with Crippen LogP contribution in [0.25, 0.3) is 0 Å². The molecule has 2 aromatic rings. The summed E-state index contributed by atoms with van der Waals surface area (Å²) in [6, 6.07) is 10.8. The molecule has 1 heterocycles. The Morgan fingerprint density at radius 1 is 1.29 bits per heavy atom. The Labute approximate surface area is 103 Å². The van der Waals surface area contributed by atoms with Crippen LogP contribution in [-0.4, -0.2) is 12.1 Å². The number of anilines is 1. The van der Waals surface area contributed by atoms with Crippen molar-refractivity contribution in [3.8, 4) is 0 Å². The first-order chi connectivity index (χ1) is 8.25. The Kier molecular flexibility index (Phi) is 3.52. The summed E-state index contributed by atoms with van der Waals surface area (Å²) in [5, 5.41) is 5.71. The van der Waals surface area contributed by atoms with Gasteiger partial charge in [0.25, 0.3) is 5.91 Å². The van der Waals surface area contributed by atoms with E-state index in [4.69, 9.17) is 5.73 Å². The van der Waals surface area contributed by atoms with Crippen LogP contribution in [0.1, 0.15) is 15.2 Å². The maximum absolute atomic E-state index is 11.5. The smallest absolute Gasteiger partial charge is 0.281 e. The maximum atomic E-state index is 11.5. The van der Waals surface area contributed by atoms with Crippen LogP contribution in [0.4, 0.5) is 5.69 Å². The summed E-state index contributed by atoms with van der Waals surface area (Å²) in [6.07, 6.45) is 1.57. The average molecular weight is 245 g/mol. The third-order valence-electron chi connectivity index (χ3n) is 2.06. The average Bonchev–Trinajstić information content (AvgIpc) is 2.85. The number of carbonyl (C=O) groups excluding carboxylic acids is 1. The topological polar surface area (TPSA) is 67.5 Å². The lowest BCUT2D eigenvalue weighted by molar-refractivity contribution is 0.0959. The number of hydrogen-bond acceptors (Lipinski definition) is 4. The fourth-order valence-corrected chi connectivity index (χ4v) is 1.82. The van der Waals surface area contributed by atoms with Crippen molar-refractivity contribution >= 4 is 29.1 Å². The van der Waals surface area contributed by atoms with E-state index >= 15 is 0 Å². The number of nitrogen functional groups attached to an aromatic ring is 1. The van der Waals surface area contributed by atoms with Crippen molar-refractivity contribution in [1.29, 1.82) is 0 Å². The summed E-state index contributed by atoms with van der Waals surface area (Å²) in [5.74, 6) is -0.202. The lowest BCUT2D eigenvalue weighted by Gasteiger charge is -1.96. The highest BCUT2D eigenvalue weighted by atomic mass is 32.1. The highest BCUT2D eigenvalue weighted by Gasteiger charge is 2.03. The zero-order valence-corrected chi connectivity index (χ0v) is 9.78. The molecule has 1 aromatic carbocycles. The largest absolute Gasteiger partial charge is 0.399 e. The second kappa shape index (κ2) is 5.27. The minimum atomic E-state index is -0.202. The second-order valence-electron chi connectivity index (χ2n) is 3.34. The van der Waals surface area contributed by atoms with E-state index in [1.54, 1.807) is 24.4 Å². The molecule has 0 aliphatic rings. The number of hydrogen-bond donors (Lipinski definition) is 2. The predicted octanol–water partition coefficient (Wildman–Crippen LogP) is 2.09. The number of benzene rings is 1. The molecule has 0 unspecified atom stereocenters. The van der Waals surface area contributed by atoms with Gasteiger partial charge in [-0.25, -0.2) is 5.43 Å². The number of nitrogens with zero attached hydrogens (tertiary/aromatic N) is 1. The van der Waals surface area contributed by atoms with E-state index in [1.165, 1.54) is 11.3 Å². The number of rotatable bonds is 3. The third-order valence-corrected chi connectivity index (χ3v) is 2.93. The molecular formula is C12H11N3OS. The third kappa shape index (κ3) is 3.15. The van der Waals surface area contributed by atoms with Crippen molar-refractivity contribution in [2.24, 2.45) is 5.10 Å². The molecule has 1 aromatic heterocycles. The van der Waals surface area contributed by atoms with Crippen molar-refractivity contribution in [3.05, 3.63) is 52.2 Å². The van der Waals surface area contributed by atoms with Gasteiger partial charge in [-0.2, -0.15) is 5.10 Å². The lowest BCUT2D eigenvalue weighted by atomic mass is 10.2. The summed E-state index contributed by atoms with van der Waals surface area (Å²) in [6.45, 7) is 0. The van der Waals surface area contributed by atoms with Crippen molar-refractivity contribution in [1.82, 2.24) is 5.43 Å². The highest BCUT2D eigenvalue weighted by molar-refractivity contribution is 7.12. The van der Waals surface area contributed by atoms with E-state index in [2.05, 4.69) is 10.5 Å². The molecule has 0 fully saturated rings. The molecule has 0 aliphatic carbocycles. The SMILES string of the molecule is Nc1ccc(C=NNC(=O)c2cccs2)cc1. The van der Waals surface area contributed by atoms with Gasteiger partial charge in [-0.1, -0.05) is 18.2 Å². The van der Waals surface area contributed by atoms with Gasteiger partial charge in [0, 0.05) is 5.69 Å². The molecule has 0 spiro atoms. The van der Waals surface area contributed by atoms with Gasteiger partial charge in [-0.05, 0) is 29.1 Å². The summed E-state index contributed by atoms with van der Waals surface area (Å²) in [4.78, 5) is 12.2. The van der Waals surface area contributed by atoms with Crippen molar-refractivity contribution in [2.45, 2.75) is 0 Å². The van der Waals surface area contributed by atoms with E-state index in [9.17, 15) is 4.79 Å². The number of nitrogens with two attached hydrogens (primary N) is 1. The highest BCUT2D eigenvalue weighted by Crippen LogP contribution is 2.07. The Morgan fingerprint density at radius 3 is 2.71 bits per heavy atom. The van der Waals surface area contributed by atoms with Crippen molar-refractivity contribution in [3.63, 3.8) is 0 Å². The van der Waals surface area contributed by atoms with E-state index in [0.29, 0.717) is 10.6 Å². The zero-order chi connectivity index (χ0) is 12.1. The first kappa shape index (κ1) is 11.3. The summed E-state index contributed by atoms with van der Waals surface area (Å²) in [7, 11) is 0. The summed E-state index contributed by atoms with van der Waals surface area (Å²) in [5.41, 5.74) is 9.59. The number of hydrazone groups is 1. The zero-order valence-electron chi connectivity index (χ0n) is 8.96. The molecule has 0 aliphatic heterocycles. The maximum Gasteiger partial charge on any atom is 0.281 e. The van der Waals surface area contributed by atoms with Crippen LogP contribution in [-0.2, 0) is 0 Å². The van der Waals surface area contributed by atoms with Crippen LogP contribution in [0.15, 0.2) is 46.9 Å². The predicted molar refractivity (Wildman–Crippen MR) is 70.2 cm³/mol. The van der Waals surface area contributed by atoms with Crippen LogP contribution >= 0.6 is 11.3 Å².